The van der Waals surface area contributed by atoms with E-state index in [-0.39, 0.29) is 5.91 Å². The number of aliphatic carboxylic acids is 1. The topological polar surface area (TPSA) is 101 Å². The number of nitrogens with one attached hydrogen (secondary N) is 2. The molecule has 0 spiro atoms. The summed E-state index contributed by atoms with van der Waals surface area (Å²) < 4.78 is 5.24. The molecule has 1 fully saturated rings. The summed E-state index contributed by atoms with van der Waals surface area (Å²) in [5.41, 5.74) is 0.142. The lowest BCUT2D eigenvalue weighted by atomic mass is 9.80. The number of carboxylic acid groups (broad SMARTS) is 1. The number of aromatic nitrogens is 1. The van der Waals surface area contributed by atoms with E-state index >= 15 is 0 Å². The fourth-order valence-corrected chi connectivity index (χ4v) is 2.29. The van der Waals surface area contributed by atoms with E-state index in [2.05, 4.69) is 15.6 Å². The highest BCUT2D eigenvalue weighted by Gasteiger charge is 2.40. The van der Waals surface area contributed by atoms with Gasteiger partial charge in [-0.3, -0.25) is 14.6 Å². The van der Waals surface area contributed by atoms with Crippen LogP contribution in [0.15, 0.2) is 18.3 Å². The maximum atomic E-state index is 11.5. The maximum Gasteiger partial charge on any atom is 0.311 e. The van der Waals surface area contributed by atoms with Gasteiger partial charge in [0.2, 0.25) is 0 Å². The Kier molecular flexibility index (Phi) is 4.74. The molecule has 2 rings (SSSR count). The van der Waals surface area contributed by atoms with E-state index in [9.17, 15) is 14.7 Å². The summed E-state index contributed by atoms with van der Waals surface area (Å²) in [5, 5.41) is 15.1. The van der Waals surface area contributed by atoms with Crippen molar-refractivity contribution in [2.45, 2.75) is 12.8 Å². The van der Waals surface area contributed by atoms with Gasteiger partial charge >= 0.3 is 5.97 Å². The molecule has 0 saturated carbocycles. The Bertz CT molecular complexity index is 527. The van der Waals surface area contributed by atoms with E-state index in [1.54, 1.807) is 12.1 Å². The molecular weight excluding hydrogens is 274 g/mol. The number of rotatable bonds is 5. The van der Waals surface area contributed by atoms with Gasteiger partial charge in [-0.15, -0.1) is 0 Å². The van der Waals surface area contributed by atoms with Crippen LogP contribution in [0.2, 0.25) is 0 Å². The standard InChI is InChI=1S/C14H19N3O4/c1-15-12(18)11-8-10(2-5-16-11)17-9-14(13(19)20)3-6-21-7-4-14/h2,5,8H,3-4,6-7,9H2,1H3,(H,15,18)(H,16,17)(H,19,20). The van der Waals surface area contributed by atoms with Crippen molar-refractivity contribution in [1.29, 1.82) is 0 Å². The van der Waals surface area contributed by atoms with Gasteiger partial charge in [0.15, 0.2) is 0 Å². The summed E-state index contributed by atoms with van der Waals surface area (Å²) >= 11 is 0. The second kappa shape index (κ2) is 6.53. The molecule has 1 aliphatic rings. The Morgan fingerprint density at radius 1 is 1.43 bits per heavy atom. The molecule has 1 saturated heterocycles. The highest BCUT2D eigenvalue weighted by Crippen LogP contribution is 2.31. The second-order valence-corrected chi connectivity index (χ2v) is 5.06. The smallest absolute Gasteiger partial charge is 0.311 e. The average molecular weight is 293 g/mol. The van der Waals surface area contributed by atoms with Gasteiger partial charge in [-0.05, 0) is 25.0 Å². The number of carbonyl (C=O) groups is 2. The van der Waals surface area contributed by atoms with E-state index in [4.69, 9.17) is 4.74 Å². The number of amides is 1. The highest BCUT2D eigenvalue weighted by atomic mass is 16.5. The van der Waals surface area contributed by atoms with Crippen molar-refractivity contribution in [3.8, 4) is 0 Å². The van der Waals surface area contributed by atoms with Gasteiger partial charge in [0, 0.05) is 38.7 Å². The van der Waals surface area contributed by atoms with Crippen molar-refractivity contribution < 1.29 is 19.4 Å². The number of ether oxygens (including phenoxy) is 1. The Hall–Kier alpha value is -2.15. The minimum Gasteiger partial charge on any atom is -0.481 e. The number of anilines is 1. The van der Waals surface area contributed by atoms with E-state index in [0.717, 1.165) is 0 Å². The molecule has 21 heavy (non-hydrogen) atoms. The van der Waals surface area contributed by atoms with Crippen LogP contribution in [0.4, 0.5) is 5.69 Å². The number of carbonyl (C=O) groups excluding carboxylic acids is 1. The molecule has 114 valence electrons. The Morgan fingerprint density at radius 3 is 2.76 bits per heavy atom. The Balaban J connectivity index is 2.07. The van der Waals surface area contributed by atoms with E-state index < -0.39 is 11.4 Å². The maximum absolute atomic E-state index is 11.5. The first kappa shape index (κ1) is 15.2. The van der Waals surface area contributed by atoms with Gasteiger partial charge in [-0.1, -0.05) is 0 Å². The number of nitrogens with zero attached hydrogens (tertiary/aromatic N) is 1. The van der Waals surface area contributed by atoms with Crippen LogP contribution < -0.4 is 10.6 Å². The molecule has 0 aromatic carbocycles. The summed E-state index contributed by atoms with van der Waals surface area (Å²) in [7, 11) is 1.53. The average Bonchev–Trinajstić information content (AvgIpc) is 2.53. The van der Waals surface area contributed by atoms with Crippen LogP contribution in [-0.4, -0.2) is 48.8 Å². The van der Waals surface area contributed by atoms with Crippen LogP contribution in [0.25, 0.3) is 0 Å². The zero-order valence-electron chi connectivity index (χ0n) is 11.9. The molecule has 7 nitrogen and oxygen atoms in total. The molecule has 1 aromatic heterocycles. The predicted octanol–water partition coefficient (Wildman–Crippen LogP) is 0.734. The van der Waals surface area contributed by atoms with Crippen molar-refractivity contribution in [2.24, 2.45) is 5.41 Å². The van der Waals surface area contributed by atoms with Crippen LogP contribution in [-0.2, 0) is 9.53 Å². The summed E-state index contributed by atoms with van der Waals surface area (Å²) in [6, 6.07) is 3.31. The molecule has 0 bridgehead atoms. The minimum absolute atomic E-state index is 0.280. The highest BCUT2D eigenvalue weighted by molar-refractivity contribution is 5.92. The second-order valence-electron chi connectivity index (χ2n) is 5.06. The Morgan fingerprint density at radius 2 is 2.14 bits per heavy atom. The SMILES string of the molecule is CNC(=O)c1cc(NCC2(C(=O)O)CCOCC2)ccn1. The zero-order chi connectivity index (χ0) is 15.3. The monoisotopic (exact) mass is 293 g/mol. The first-order valence-corrected chi connectivity index (χ1v) is 6.80. The van der Waals surface area contributed by atoms with Crippen LogP contribution in [0, 0.1) is 5.41 Å². The van der Waals surface area contributed by atoms with Crippen LogP contribution in [0.5, 0.6) is 0 Å². The Labute approximate surface area is 122 Å². The van der Waals surface area contributed by atoms with Crippen LogP contribution in [0.3, 0.4) is 0 Å². The van der Waals surface area contributed by atoms with Crippen molar-refractivity contribution in [2.75, 3.05) is 32.1 Å². The molecule has 2 heterocycles. The fraction of sp³-hybridized carbons (Fsp3) is 0.500. The zero-order valence-corrected chi connectivity index (χ0v) is 11.9. The van der Waals surface area contributed by atoms with Crippen molar-refractivity contribution in [3.05, 3.63) is 24.0 Å². The fourth-order valence-electron chi connectivity index (χ4n) is 2.29. The van der Waals surface area contributed by atoms with E-state index in [0.29, 0.717) is 44.0 Å². The van der Waals surface area contributed by atoms with Gasteiger partial charge in [-0.25, -0.2) is 0 Å². The van der Waals surface area contributed by atoms with E-state index in [1.165, 1.54) is 13.2 Å². The number of carboxylic acids is 1. The molecule has 0 unspecified atom stereocenters. The lowest BCUT2D eigenvalue weighted by Crippen LogP contribution is -2.42. The largest absolute Gasteiger partial charge is 0.481 e. The lowest BCUT2D eigenvalue weighted by molar-refractivity contribution is -0.153. The van der Waals surface area contributed by atoms with Gasteiger partial charge < -0.3 is 20.5 Å². The number of hydrogen-bond acceptors (Lipinski definition) is 5. The minimum atomic E-state index is -0.825. The van der Waals surface area contributed by atoms with Crippen LogP contribution in [0.1, 0.15) is 23.3 Å². The van der Waals surface area contributed by atoms with Gasteiger partial charge in [0.05, 0.1) is 5.41 Å². The van der Waals surface area contributed by atoms with Gasteiger partial charge in [-0.2, -0.15) is 0 Å². The quantitative estimate of drug-likeness (QED) is 0.740. The summed E-state index contributed by atoms with van der Waals surface area (Å²) in [5.74, 6) is -1.10. The normalized spacial score (nSPS) is 17.0. The summed E-state index contributed by atoms with van der Waals surface area (Å²) in [4.78, 5) is 27.0. The van der Waals surface area contributed by atoms with Crippen molar-refractivity contribution in [3.63, 3.8) is 0 Å². The first-order valence-electron chi connectivity index (χ1n) is 6.80. The third-order valence-corrected chi connectivity index (χ3v) is 3.75. The van der Waals surface area contributed by atoms with Crippen LogP contribution >= 0.6 is 0 Å². The molecule has 3 N–H and O–H groups in total. The summed E-state index contributed by atoms with van der Waals surface area (Å²) in [6.45, 7) is 1.20. The van der Waals surface area contributed by atoms with Crippen molar-refractivity contribution in [1.82, 2.24) is 10.3 Å². The molecule has 0 radical (unpaired) electrons. The third-order valence-electron chi connectivity index (χ3n) is 3.75. The summed E-state index contributed by atoms with van der Waals surface area (Å²) in [6.07, 6.45) is 2.47. The van der Waals surface area contributed by atoms with E-state index in [1.807, 2.05) is 0 Å². The molecule has 1 aliphatic heterocycles. The molecule has 7 heteroatoms. The molecule has 0 atom stereocenters. The molecular formula is C14H19N3O4. The predicted molar refractivity (Wildman–Crippen MR) is 76.2 cm³/mol. The molecule has 1 aromatic rings. The number of hydrogen-bond donors (Lipinski definition) is 3. The van der Waals surface area contributed by atoms with Gasteiger partial charge in [0.25, 0.3) is 5.91 Å². The molecule has 0 aliphatic carbocycles. The lowest BCUT2D eigenvalue weighted by Gasteiger charge is -2.33. The number of pyridine rings is 1. The van der Waals surface area contributed by atoms with Crippen molar-refractivity contribution >= 4 is 17.6 Å². The third kappa shape index (κ3) is 3.49. The first-order chi connectivity index (χ1) is 10.1. The molecule has 1 amide bonds. The van der Waals surface area contributed by atoms with Gasteiger partial charge in [0.1, 0.15) is 5.69 Å².